The summed E-state index contributed by atoms with van der Waals surface area (Å²) in [6.45, 7) is 6.68. The van der Waals surface area contributed by atoms with Crippen LogP contribution in [0, 0.1) is 0 Å². The second-order valence-electron chi connectivity index (χ2n) is 9.97. The minimum absolute atomic E-state index is 0.0302. The van der Waals surface area contributed by atoms with Crippen molar-refractivity contribution in [1.82, 2.24) is 20.8 Å². The molecule has 198 valence electrons. The van der Waals surface area contributed by atoms with Gasteiger partial charge in [0.25, 0.3) is 5.89 Å². The molecule has 2 amide bonds. The molecule has 3 N–H and O–H groups in total. The zero-order valence-electron chi connectivity index (χ0n) is 20.9. The number of hydrogen-bond acceptors (Lipinski definition) is 9. The lowest BCUT2D eigenvalue weighted by Crippen LogP contribution is -2.54. The van der Waals surface area contributed by atoms with Gasteiger partial charge in [-0.25, -0.2) is 13.2 Å². The summed E-state index contributed by atoms with van der Waals surface area (Å²) in [7, 11) is -3.82. The maximum atomic E-state index is 13.2. The highest BCUT2D eigenvalue weighted by Crippen LogP contribution is 2.38. The van der Waals surface area contributed by atoms with Gasteiger partial charge >= 0.3 is 6.09 Å². The molecule has 36 heavy (non-hydrogen) atoms. The zero-order chi connectivity index (χ0) is 26.5. The van der Waals surface area contributed by atoms with Crippen LogP contribution < -0.4 is 10.6 Å². The van der Waals surface area contributed by atoms with E-state index < -0.39 is 51.4 Å². The highest BCUT2D eigenvalue weighted by Gasteiger charge is 2.35. The Morgan fingerprint density at radius 2 is 1.86 bits per heavy atom. The van der Waals surface area contributed by atoms with Crippen molar-refractivity contribution >= 4 is 21.8 Å². The summed E-state index contributed by atoms with van der Waals surface area (Å²) >= 11 is 0. The molecule has 1 aliphatic rings. The largest absolute Gasteiger partial charge is 0.444 e. The SMILES string of the molecule is CC[C@H](NC(=O)C(CS(=O)(=O)Cc1ccccc1)NC(=O)OC(C)(C)C)C(O)c1nc(C2CC2)no1. The van der Waals surface area contributed by atoms with Crippen LogP contribution in [0.4, 0.5) is 4.79 Å². The number of alkyl carbamates (subject to hydrolysis) is 1. The number of rotatable bonds is 11. The van der Waals surface area contributed by atoms with E-state index in [1.54, 1.807) is 58.0 Å². The number of nitrogens with one attached hydrogen (secondary N) is 2. The predicted molar refractivity (Wildman–Crippen MR) is 131 cm³/mol. The summed E-state index contributed by atoms with van der Waals surface area (Å²) in [5.74, 6) is -1.04. The van der Waals surface area contributed by atoms with Crippen molar-refractivity contribution < 1.29 is 32.4 Å². The molecule has 1 heterocycles. The first-order valence-electron chi connectivity index (χ1n) is 11.9. The third-order valence-corrected chi connectivity index (χ3v) is 7.07. The van der Waals surface area contributed by atoms with E-state index in [4.69, 9.17) is 9.26 Å². The fourth-order valence-electron chi connectivity index (χ4n) is 3.51. The Morgan fingerprint density at radius 1 is 1.19 bits per heavy atom. The predicted octanol–water partition coefficient (Wildman–Crippen LogP) is 2.38. The smallest absolute Gasteiger partial charge is 0.408 e. The fraction of sp³-hybridized carbons (Fsp3) is 0.583. The monoisotopic (exact) mass is 522 g/mol. The Balaban J connectivity index is 1.74. The molecule has 1 saturated carbocycles. The van der Waals surface area contributed by atoms with Crippen LogP contribution in [-0.2, 0) is 25.1 Å². The molecule has 0 radical (unpaired) electrons. The van der Waals surface area contributed by atoms with Crippen LogP contribution in [0.3, 0.4) is 0 Å². The average molecular weight is 523 g/mol. The number of nitrogens with zero attached hydrogens (tertiary/aromatic N) is 2. The van der Waals surface area contributed by atoms with Crippen LogP contribution >= 0.6 is 0 Å². The molecule has 0 saturated heterocycles. The molecule has 0 spiro atoms. The number of carbonyl (C=O) groups excluding carboxylic acids is 2. The average Bonchev–Trinajstić information content (AvgIpc) is 3.51. The van der Waals surface area contributed by atoms with Gasteiger partial charge in [0.05, 0.1) is 17.5 Å². The first-order chi connectivity index (χ1) is 16.9. The van der Waals surface area contributed by atoms with E-state index in [-0.39, 0.29) is 24.0 Å². The topological polar surface area (TPSA) is 161 Å². The van der Waals surface area contributed by atoms with Crippen molar-refractivity contribution in [1.29, 1.82) is 0 Å². The Bertz CT molecular complexity index is 1140. The third-order valence-electron chi connectivity index (χ3n) is 5.46. The summed E-state index contributed by atoms with van der Waals surface area (Å²) in [6, 6.07) is 6.21. The molecule has 1 aromatic heterocycles. The van der Waals surface area contributed by atoms with Crippen LogP contribution in [0.5, 0.6) is 0 Å². The van der Waals surface area contributed by atoms with Gasteiger partial charge in [-0.2, -0.15) is 4.98 Å². The molecule has 12 heteroatoms. The summed E-state index contributed by atoms with van der Waals surface area (Å²) in [5.41, 5.74) is -0.299. The minimum atomic E-state index is -3.82. The van der Waals surface area contributed by atoms with Gasteiger partial charge in [0, 0.05) is 5.92 Å². The number of ether oxygens (including phenoxy) is 1. The molecule has 0 aliphatic heterocycles. The number of carbonyl (C=O) groups is 2. The van der Waals surface area contributed by atoms with E-state index in [0.29, 0.717) is 11.4 Å². The lowest BCUT2D eigenvalue weighted by Gasteiger charge is -2.26. The summed E-state index contributed by atoms with van der Waals surface area (Å²) in [4.78, 5) is 29.8. The zero-order valence-corrected chi connectivity index (χ0v) is 21.7. The lowest BCUT2D eigenvalue weighted by molar-refractivity contribution is -0.124. The van der Waals surface area contributed by atoms with Gasteiger partial charge in [0.1, 0.15) is 11.6 Å². The van der Waals surface area contributed by atoms with Crippen LogP contribution in [0.1, 0.15) is 76.3 Å². The molecule has 11 nitrogen and oxygen atoms in total. The van der Waals surface area contributed by atoms with E-state index in [9.17, 15) is 23.1 Å². The normalized spacial score (nSPS) is 16.6. The van der Waals surface area contributed by atoms with Crippen LogP contribution in [0.15, 0.2) is 34.9 Å². The molecular formula is C24H34N4O7S. The maximum Gasteiger partial charge on any atom is 0.408 e. The van der Waals surface area contributed by atoms with Crippen molar-refractivity contribution in [2.45, 2.75) is 82.4 Å². The van der Waals surface area contributed by atoms with Gasteiger partial charge in [-0.05, 0) is 45.6 Å². The molecule has 3 atom stereocenters. The van der Waals surface area contributed by atoms with Crippen LogP contribution in [0.2, 0.25) is 0 Å². The number of aromatic nitrogens is 2. The van der Waals surface area contributed by atoms with E-state index in [2.05, 4.69) is 20.8 Å². The minimum Gasteiger partial charge on any atom is -0.444 e. The Hall–Kier alpha value is -2.99. The number of amides is 2. The van der Waals surface area contributed by atoms with Gasteiger partial charge in [-0.1, -0.05) is 42.4 Å². The number of hydrogen-bond donors (Lipinski definition) is 3. The first kappa shape index (κ1) is 27.6. The van der Waals surface area contributed by atoms with E-state index in [0.717, 1.165) is 12.8 Å². The number of sulfone groups is 1. The Labute approximate surface area is 210 Å². The molecular weight excluding hydrogens is 488 g/mol. The van der Waals surface area contributed by atoms with E-state index >= 15 is 0 Å². The molecule has 2 unspecified atom stereocenters. The first-order valence-corrected chi connectivity index (χ1v) is 13.7. The molecule has 0 bridgehead atoms. The quantitative estimate of drug-likeness (QED) is 0.402. The maximum absolute atomic E-state index is 13.2. The van der Waals surface area contributed by atoms with Gasteiger partial charge in [0.2, 0.25) is 5.91 Å². The highest BCUT2D eigenvalue weighted by atomic mass is 32.2. The van der Waals surface area contributed by atoms with Crippen molar-refractivity contribution in [3.05, 3.63) is 47.6 Å². The number of aliphatic hydroxyl groups is 1. The van der Waals surface area contributed by atoms with Crippen molar-refractivity contribution in [2.75, 3.05) is 5.75 Å². The van der Waals surface area contributed by atoms with Crippen molar-refractivity contribution in [3.8, 4) is 0 Å². The molecule has 1 fully saturated rings. The Kier molecular flexibility index (Phi) is 8.72. The molecule has 1 aromatic carbocycles. The summed E-state index contributed by atoms with van der Waals surface area (Å²) < 4.78 is 36.2. The van der Waals surface area contributed by atoms with Crippen LogP contribution in [-0.4, -0.2) is 59.1 Å². The van der Waals surface area contributed by atoms with Gasteiger partial charge in [0.15, 0.2) is 21.8 Å². The van der Waals surface area contributed by atoms with Gasteiger partial charge < -0.3 is 25.0 Å². The van der Waals surface area contributed by atoms with E-state index in [1.165, 1.54) is 0 Å². The van der Waals surface area contributed by atoms with Crippen molar-refractivity contribution in [3.63, 3.8) is 0 Å². The highest BCUT2D eigenvalue weighted by molar-refractivity contribution is 7.90. The van der Waals surface area contributed by atoms with Gasteiger partial charge in [-0.15, -0.1) is 0 Å². The van der Waals surface area contributed by atoms with Gasteiger partial charge in [-0.3, -0.25) is 4.79 Å². The molecule has 3 rings (SSSR count). The lowest BCUT2D eigenvalue weighted by atomic mass is 10.1. The van der Waals surface area contributed by atoms with Crippen LogP contribution in [0.25, 0.3) is 0 Å². The molecule has 2 aromatic rings. The second kappa shape index (κ2) is 11.4. The second-order valence-corrected chi connectivity index (χ2v) is 12.1. The standard InChI is InChI=1S/C24H34N4O7S/c1-5-17(19(29)22-27-20(28-35-22)16-11-12-16)25-21(30)18(26-23(31)34-24(2,3)4)14-36(32,33)13-15-9-7-6-8-10-15/h6-10,16-19,29H,5,11-14H2,1-4H3,(H,25,30)(H,26,31)/t17-,18?,19?/m0/s1. The molecule has 1 aliphatic carbocycles. The Morgan fingerprint density at radius 3 is 2.44 bits per heavy atom. The number of aliphatic hydroxyl groups excluding tert-OH is 1. The number of benzene rings is 1. The van der Waals surface area contributed by atoms with E-state index in [1.807, 2.05) is 0 Å². The summed E-state index contributed by atoms with van der Waals surface area (Å²) in [5, 5.41) is 19.6. The fourth-order valence-corrected chi connectivity index (χ4v) is 5.07. The third kappa shape index (κ3) is 8.30. The van der Waals surface area contributed by atoms with Crippen molar-refractivity contribution in [2.24, 2.45) is 0 Å². The summed E-state index contributed by atoms with van der Waals surface area (Å²) in [6.07, 6.45) is -0.0415.